The lowest BCUT2D eigenvalue weighted by Gasteiger charge is -2.15. The number of hydrogen-bond donors (Lipinski definition) is 1. The molecule has 3 aromatic rings. The molecule has 0 aliphatic carbocycles. The minimum Gasteiger partial charge on any atom is -0.342 e. The van der Waals surface area contributed by atoms with Crippen LogP contribution in [0.3, 0.4) is 0 Å². The highest BCUT2D eigenvalue weighted by Gasteiger charge is 2.11. The van der Waals surface area contributed by atoms with Gasteiger partial charge < -0.3 is 10.2 Å². The lowest BCUT2D eigenvalue weighted by Crippen LogP contribution is -2.29. The van der Waals surface area contributed by atoms with E-state index in [9.17, 15) is 4.79 Å². The fourth-order valence-corrected chi connectivity index (χ4v) is 2.95. The molecule has 0 aliphatic heterocycles. The molecule has 21 heavy (non-hydrogen) atoms. The largest absolute Gasteiger partial charge is 0.342 e. The quantitative estimate of drug-likeness (QED) is 0.803. The monoisotopic (exact) mass is 297 g/mol. The van der Waals surface area contributed by atoms with E-state index >= 15 is 0 Å². The van der Waals surface area contributed by atoms with Crippen molar-refractivity contribution in [1.82, 2.24) is 4.98 Å². The molecule has 1 amide bonds. The minimum absolute atomic E-state index is 0.0528. The third kappa shape index (κ3) is 3.20. The van der Waals surface area contributed by atoms with Crippen molar-refractivity contribution in [1.29, 1.82) is 0 Å². The number of fused-ring (bicyclic) bond motifs is 1. The molecule has 1 aromatic heterocycles. The molecule has 0 bridgehead atoms. The second-order valence-corrected chi connectivity index (χ2v) is 5.74. The fraction of sp³-hybridized carbons (Fsp3) is 0.125. The van der Waals surface area contributed by atoms with Gasteiger partial charge in [-0.3, -0.25) is 4.79 Å². The first kappa shape index (κ1) is 13.6. The zero-order chi connectivity index (χ0) is 14.7. The van der Waals surface area contributed by atoms with E-state index in [-0.39, 0.29) is 12.5 Å². The summed E-state index contributed by atoms with van der Waals surface area (Å²) in [6.07, 6.45) is 0. The molecule has 0 saturated carbocycles. The summed E-state index contributed by atoms with van der Waals surface area (Å²) in [7, 11) is 1.88. The predicted molar refractivity (Wildman–Crippen MR) is 88.0 cm³/mol. The summed E-state index contributed by atoms with van der Waals surface area (Å²) in [5.41, 5.74) is 1.77. The summed E-state index contributed by atoms with van der Waals surface area (Å²) >= 11 is 1.59. The van der Waals surface area contributed by atoms with Crippen LogP contribution in [0.1, 0.15) is 0 Å². The van der Waals surface area contributed by atoms with E-state index in [1.165, 1.54) is 0 Å². The molecule has 1 N–H and O–H groups in total. The molecule has 0 unspecified atom stereocenters. The van der Waals surface area contributed by atoms with Crippen LogP contribution in [0.25, 0.3) is 10.2 Å². The molecule has 0 aliphatic rings. The van der Waals surface area contributed by atoms with Gasteiger partial charge in [0.2, 0.25) is 5.91 Å². The molecular weight excluding hydrogens is 282 g/mol. The summed E-state index contributed by atoms with van der Waals surface area (Å²) in [5, 5.41) is 3.72. The van der Waals surface area contributed by atoms with Gasteiger partial charge in [0.15, 0.2) is 5.13 Å². The van der Waals surface area contributed by atoms with Crippen LogP contribution in [-0.2, 0) is 4.79 Å². The molecule has 1 heterocycles. The van der Waals surface area contributed by atoms with Crippen molar-refractivity contribution in [2.45, 2.75) is 0 Å². The molecule has 2 aromatic carbocycles. The number of rotatable bonds is 4. The van der Waals surface area contributed by atoms with Crippen LogP contribution >= 0.6 is 11.3 Å². The first-order chi connectivity index (χ1) is 10.2. The molecule has 0 fully saturated rings. The Morgan fingerprint density at radius 2 is 1.86 bits per heavy atom. The Morgan fingerprint density at radius 3 is 2.62 bits per heavy atom. The first-order valence-electron chi connectivity index (χ1n) is 6.64. The smallest absolute Gasteiger partial charge is 0.243 e. The van der Waals surface area contributed by atoms with E-state index < -0.39 is 0 Å². The Balaban J connectivity index is 1.68. The van der Waals surface area contributed by atoms with E-state index in [1.807, 2.05) is 66.5 Å². The summed E-state index contributed by atoms with van der Waals surface area (Å²) in [6.45, 7) is 0.273. The number of aromatic nitrogens is 1. The summed E-state index contributed by atoms with van der Waals surface area (Å²) < 4.78 is 1.13. The molecule has 0 saturated heterocycles. The van der Waals surface area contributed by atoms with Gasteiger partial charge >= 0.3 is 0 Å². The molecule has 106 valence electrons. The summed E-state index contributed by atoms with van der Waals surface area (Å²) in [6, 6.07) is 17.4. The Hall–Kier alpha value is -2.40. The van der Waals surface area contributed by atoms with Crippen molar-refractivity contribution >= 4 is 38.3 Å². The lowest BCUT2D eigenvalue weighted by atomic mass is 10.3. The van der Waals surface area contributed by atoms with E-state index in [0.717, 1.165) is 21.0 Å². The highest BCUT2D eigenvalue weighted by molar-refractivity contribution is 7.22. The van der Waals surface area contributed by atoms with Crippen LogP contribution in [0.2, 0.25) is 0 Å². The average Bonchev–Trinajstić information content (AvgIpc) is 2.92. The van der Waals surface area contributed by atoms with Gasteiger partial charge in [-0.15, -0.1) is 0 Å². The standard InChI is InChI=1S/C16H15N3OS/c1-19(11-15(20)17-12-7-3-2-4-8-12)16-18-13-9-5-6-10-14(13)21-16/h2-10H,11H2,1H3,(H,17,20). The minimum atomic E-state index is -0.0528. The number of hydrogen-bond acceptors (Lipinski definition) is 4. The van der Waals surface area contributed by atoms with Crippen molar-refractivity contribution in [3.05, 3.63) is 54.6 Å². The van der Waals surface area contributed by atoms with Crippen LogP contribution in [0.4, 0.5) is 10.8 Å². The van der Waals surface area contributed by atoms with Crippen molar-refractivity contribution in [3.8, 4) is 0 Å². The number of benzene rings is 2. The fourth-order valence-electron chi connectivity index (χ4n) is 2.03. The van der Waals surface area contributed by atoms with Gasteiger partial charge in [-0.1, -0.05) is 41.7 Å². The zero-order valence-corrected chi connectivity index (χ0v) is 12.4. The first-order valence-corrected chi connectivity index (χ1v) is 7.45. The zero-order valence-electron chi connectivity index (χ0n) is 11.6. The number of likely N-dealkylation sites (N-methyl/N-ethyl adjacent to an activating group) is 1. The van der Waals surface area contributed by atoms with Gasteiger partial charge in [0.25, 0.3) is 0 Å². The van der Waals surface area contributed by atoms with Gasteiger partial charge in [-0.25, -0.2) is 4.98 Å². The summed E-state index contributed by atoms with van der Waals surface area (Å²) in [4.78, 5) is 18.4. The van der Waals surface area contributed by atoms with Gasteiger partial charge in [-0.2, -0.15) is 0 Å². The Bertz CT molecular complexity index is 721. The predicted octanol–water partition coefficient (Wildman–Crippen LogP) is 3.37. The van der Waals surface area contributed by atoms with Gasteiger partial charge in [0, 0.05) is 12.7 Å². The van der Waals surface area contributed by atoms with Crippen LogP contribution in [0.15, 0.2) is 54.6 Å². The maximum absolute atomic E-state index is 12.0. The number of nitrogens with zero attached hydrogens (tertiary/aromatic N) is 2. The Kier molecular flexibility index (Phi) is 3.83. The van der Waals surface area contributed by atoms with E-state index in [0.29, 0.717) is 0 Å². The Morgan fingerprint density at radius 1 is 1.14 bits per heavy atom. The molecule has 4 nitrogen and oxygen atoms in total. The normalized spacial score (nSPS) is 10.5. The van der Waals surface area contributed by atoms with Crippen molar-refractivity contribution < 1.29 is 4.79 Å². The maximum Gasteiger partial charge on any atom is 0.243 e. The van der Waals surface area contributed by atoms with Crippen molar-refractivity contribution in [3.63, 3.8) is 0 Å². The van der Waals surface area contributed by atoms with Crippen LogP contribution in [-0.4, -0.2) is 24.5 Å². The maximum atomic E-state index is 12.0. The van der Waals surface area contributed by atoms with Crippen LogP contribution in [0, 0.1) is 0 Å². The number of carbonyl (C=O) groups is 1. The highest BCUT2D eigenvalue weighted by atomic mass is 32.1. The van der Waals surface area contributed by atoms with Gasteiger partial charge in [0.05, 0.1) is 16.8 Å². The molecule has 3 rings (SSSR count). The average molecular weight is 297 g/mol. The number of nitrogens with one attached hydrogen (secondary N) is 1. The third-order valence-corrected chi connectivity index (χ3v) is 4.20. The number of amides is 1. The SMILES string of the molecule is CN(CC(=O)Nc1ccccc1)c1nc2ccccc2s1. The lowest BCUT2D eigenvalue weighted by molar-refractivity contribution is -0.114. The molecule has 0 spiro atoms. The highest BCUT2D eigenvalue weighted by Crippen LogP contribution is 2.27. The number of anilines is 2. The van der Waals surface area contributed by atoms with Crippen molar-refractivity contribution in [2.75, 3.05) is 23.8 Å². The topological polar surface area (TPSA) is 45.2 Å². The van der Waals surface area contributed by atoms with Gasteiger partial charge in [-0.05, 0) is 24.3 Å². The van der Waals surface area contributed by atoms with E-state index in [1.54, 1.807) is 11.3 Å². The number of para-hydroxylation sites is 2. The second kappa shape index (κ2) is 5.93. The number of thiazole rings is 1. The summed E-state index contributed by atoms with van der Waals surface area (Å²) in [5.74, 6) is -0.0528. The van der Waals surface area contributed by atoms with Gasteiger partial charge in [0.1, 0.15) is 0 Å². The third-order valence-electron chi connectivity index (χ3n) is 3.05. The van der Waals surface area contributed by atoms with Crippen LogP contribution in [0.5, 0.6) is 0 Å². The molecule has 0 radical (unpaired) electrons. The Labute approximate surface area is 127 Å². The number of carbonyl (C=O) groups excluding carboxylic acids is 1. The second-order valence-electron chi connectivity index (χ2n) is 4.73. The molecule has 5 heteroatoms. The molecule has 0 atom stereocenters. The van der Waals surface area contributed by atoms with E-state index in [4.69, 9.17) is 0 Å². The van der Waals surface area contributed by atoms with Crippen LogP contribution < -0.4 is 10.2 Å². The molecular formula is C16H15N3OS. The van der Waals surface area contributed by atoms with Crippen molar-refractivity contribution in [2.24, 2.45) is 0 Å². The van der Waals surface area contributed by atoms with E-state index in [2.05, 4.69) is 10.3 Å².